The molecule has 1 N–H and O–H groups in total. The molecule has 2 aromatic rings. The zero-order valence-corrected chi connectivity index (χ0v) is 13.8. The summed E-state index contributed by atoms with van der Waals surface area (Å²) in [7, 11) is 1.96. The van der Waals surface area contributed by atoms with Gasteiger partial charge in [0.2, 0.25) is 5.91 Å². The van der Waals surface area contributed by atoms with Gasteiger partial charge in [-0.05, 0) is 45.0 Å². The number of hydrogen-bond acceptors (Lipinski definition) is 2. The third kappa shape index (κ3) is 4.71. The van der Waals surface area contributed by atoms with E-state index in [0.29, 0.717) is 6.54 Å². The smallest absolute Gasteiger partial charge is 0.238 e. The number of nitrogens with zero attached hydrogens (tertiary/aromatic N) is 1. The average Bonchev–Trinajstić information content (AvgIpc) is 2.44. The number of likely N-dealkylation sites (N-methyl/N-ethyl adjacent to an activating group) is 1. The number of nitrogens with one attached hydrogen (secondary N) is 1. The first-order valence-corrected chi connectivity index (χ1v) is 7.55. The molecule has 116 valence electrons. The van der Waals surface area contributed by atoms with Gasteiger partial charge in [0.25, 0.3) is 0 Å². The normalized spacial score (nSPS) is 10.8. The monoisotopic (exact) mass is 296 g/mol. The number of aryl methyl sites for hydroxylation is 3. The second-order valence-corrected chi connectivity index (χ2v) is 6.02. The van der Waals surface area contributed by atoms with Crippen LogP contribution in [0.2, 0.25) is 0 Å². The van der Waals surface area contributed by atoms with E-state index in [9.17, 15) is 4.79 Å². The maximum atomic E-state index is 12.2. The number of benzene rings is 2. The molecule has 0 heterocycles. The average molecular weight is 296 g/mol. The first kappa shape index (κ1) is 16.2. The summed E-state index contributed by atoms with van der Waals surface area (Å²) in [5, 5.41) is 2.98. The standard InChI is InChI=1S/C19H24N2O/c1-14-5-8-17(9-6-14)12-21(4)13-19(22)20-18-10-7-15(2)11-16(18)3/h5-11H,12-13H2,1-4H3,(H,20,22). The Morgan fingerprint density at radius 3 is 2.27 bits per heavy atom. The molecular formula is C19H24N2O. The van der Waals surface area contributed by atoms with Crippen molar-refractivity contribution in [1.82, 2.24) is 4.90 Å². The van der Waals surface area contributed by atoms with Crippen molar-refractivity contribution >= 4 is 11.6 Å². The number of anilines is 1. The summed E-state index contributed by atoms with van der Waals surface area (Å²) in [4.78, 5) is 14.2. The molecule has 2 rings (SSSR count). The van der Waals surface area contributed by atoms with E-state index in [1.807, 2.05) is 37.9 Å². The van der Waals surface area contributed by atoms with E-state index in [2.05, 4.69) is 42.6 Å². The second kappa shape index (κ2) is 7.23. The Morgan fingerprint density at radius 1 is 1.00 bits per heavy atom. The number of hydrogen-bond donors (Lipinski definition) is 1. The van der Waals surface area contributed by atoms with Crippen LogP contribution in [0.3, 0.4) is 0 Å². The molecule has 0 atom stereocenters. The molecule has 0 unspecified atom stereocenters. The minimum Gasteiger partial charge on any atom is -0.325 e. The van der Waals surface area contributed by atoms with E-state index < -0.39 is 0 Å². The third-order valence-electron chi connectivity index (χ3n) is 3.64. The Bertz CT molecular complexity index is 647. The number of amides is 1. The SMILES string of the molecule is Cc1ccc(CN(C)CC(=O)Nc2ccc(C)cc2C)cc1. The second-order valence-electron chi connectivity index (χ2n) is 6.02. The van der Waals surface area contributed by atoms with Gasteiger partial charge in [0, 0.05) is 12.2 Å². The van der Waals surface area contributed by atoms with Gasteiger partial charge in [0.15, 0.2) is 0 Å². The van der Waals surface area contributed by atoms with Crippen LogP contribution in [-0.4, -0.2) is 24.4 Å². The fourth-order valence-corrected chi connectivity index (χ4v) is 2.45. The molecule has 2 aromatic carbocycles. The quantitative estimate of drug-likeness (QED) is 0.913. The van der Waals surface area contributed by atoms with Gasteiger partial charge >= 0.3 is 0 Å². The van der Waals surface area contributed by atoms with E-state index in [0.717, 1.165) is 17.8 Å². The fraction of sp³-hybridized carbons (Fsp3) is 0.316. The molecule has 0 saturated carbocycles. The lowest BCUT2D eigenvalue weighted by Crippen LogP contribution is -2.30. The molecule has 0 bridgehead atoms. The lowest BCUT2D eigenvalue weighted by Gasteiger charge is -2.17. The summed E-state index contributed by atoms with van der Waals surface area (Å²) in [6.07, 6.45) is 0. The van der Waals surface area contributed by atoms with E-state index in [1.54, 1.807) is 0 Å². The lowest BCUT2D eigenvalue weighted by atomic mass is 10.1. The maximum Gasteiger partial charge on any atom is 0.238 e. The molecule has 0 saturated heterocycles. The van der Waals surface area contributed by atoms with Crippen molar-refractivity contribution in [2.75, 3.05) is 18.9 Å². The highest BCUT2D eigenvalue weighted by Gasteiger charge is 2.09. The number of carbonyl (C=O) groups is 1. The minimum absolute atomic E-state index is 0.0153. The summed E-state index contributed by atoms with van der Waals surface area (Å²) < 4.78 is 0. The Labute approximate surface area is 133 Å². The van der Waals surface area contributed by atoms with Crippen LogP contribution in [0.15, 0.2) is 42.5 Å². The molecule has 22 heavy (non-hydrogen) atoms. The van der Waals surface area contributed by atoms with Gasteiger partial charge in [0.05, 0.1) is 6.54 Å². The summed E-state index contributed by atoms with van der Waals surface area (Å²) in [5.74, 6) is 0.0153. The van der Waals surface area contributed by atoms with Crippen LogP contribution < -0.4 is 5.32 Å². The molecule has 3 heteroatoms. The van der Waals surface area contributed by atoms with E-state index in [-0.39, 0.29) is 5.91 Å². The van der Waals surface area contributed by atoms with Crippen molar-refractivity contribution in [1.29, 1.82) is 0 Å². The van der Waals surface area contributed by atoms with Crippen molar-refractivity contribution in [3.63, 3.8) is 0 Å². The summed E-state index contributed by atoms with van der Waals surface area (Å²) >= 11 is 0. The highest BCUT2D eigenvalue weighted by molar-refractivity contribution is 5.92. The van der Waals surface area contributed by atoms with Gasteiger partial charge in [-0.1, -0.05) is 47.5 Å². The molecule has 0 aliphatic carbocycles. The van der Waals surface area contributed by atoms with Crippen molar-refractivity contribution in [3.05, 3.63) is 64.7 Å². The highest BCUT2D eigenvalue weighted by Crippen LogP contribution is 2.16. The third-order valence-corrected chi connectivity index (χ3v) is 3.64. The summed E-state index contributed by atoms with van der Waals surface area (Å²) in [6.45, 7) is 7.28. The number of rotatable bonds is 5. The first-order chi connectivity index (χ1) is 10.4. The Balaban J connectivity index is 1.89. The Morgan fingerprint density at radius 2 is 1.64 bits per heavy atom. The number of carbonyl (C=O) groups excluding carboxylic acids is 1. The van der Waals surface area contributed by atoms with Crippen molar-refractivity contribution < 1.29 is 4.79 Å². The van der Waals surface area contributed by atoms with Crippen LogP contribution >= 0.6 is 0 Å². The molecule has 1 amide bonds. The van der Waals surface area contributed by atoms with Crippen LogP contribution in [0, 0.1) is 20.8 Å². The van der Waals surface area contributed by atoms with Gasteiger partial charge in [-0.25, -0.2) is 0 Å². The molecule has 3 nitrogen and oxygen atoms in total. The minimum atomic E-state index is 0.0153. The van der Waals surface area contributed by atoms with Crippen LogP contribution in [0.1, 0.15) is 22.3 Å². The molecule has 0 aliphatic rings. The van der Waals surface area contributed by atoms with Crippen LogP contribution in [0.5, 0.6) is 0 Å². The molecule has 0 fully saturated rings. The van der Waals surface area contributed by atoms with Crippen LogP contribution in [0.4, 0.5) is 5.69 Å². The van der Waals surface area contributed by atoms with Gasteiger partial charge in [-0.3, -0.25) is 9.69 Å². The predicted molar refractivity (Wildman–Crippen MR) is 92.1 cm³/mol. The van der Waals surface area contributed by atoms with E-state index in [4.69, 9.17) is 0 Å². The lowest BCUT2D eigenvalue weighted by molar-refractivity contribution is -0.117. The fourth-order valence-electron chi connectivity index (χ4n) is 2.45. The molecule has 0 spiro atoms. The molecule has 0 aromatic heterocycles. The van der Waals surface area contributed by atoms with Crippen LogP contribution in [-0.2, 0) is 11.3 Å². The van der Waals surface area contributed by atoms with Gasteiger partial charge in [-0.15, -0.1) is 0 Å². The zero-order chi connectivity index (χ0) is 16.1. The zero-order valence-electron chi connectivity index (χ0n) is 13.8. The molecular weight excluding hydrogens is 272 g/mol. The highest BCUT2D eigenvalue weighted by atomic mass is 16.2. The molecule has 0 aliphatic heterocycles. The van der Waals surface area contributed by atoms with Crippen molar-refractivity contribution in [3.8, 4) is 0 Å². The summed E-state index contributed by atoms with van der Waals surface area (Å²) in [5.41, 5.74) is 5.65. The van der Waals surface area contributed by atoms with Gasteiger partial charge in [0.1, 0.15) is 0 Å². The van der Waals surface area contributed by atoms with Crippen molar-refractivity contribution in [2.24, 2.45) is 0 Å². The predicted octanol–water partition coefficient (Wildman–Crippen LogP) is 3.68. The Kier molecular flexibility index (Phi) is 5.34. The van der Waals surface area contributed by atoms with Crippen molar-refractivity contribution in [2.45, 2.75) is 27.3 Å². The van der Waals surface area contributed by atoms with Gasteiger partial charge < -0.3 is 5.32 Å². The Hall–Kier alpha value is -2.13. The first-order valence-electron chi connectivity index (χ1n) is 7.55. The molecule has 0 radical (unpaired) electrons. The topological polar surface area (TPSA) is 32.3 Å². The van der Waals surface area contributed by atoms with Gasteiger partial charge in [-0.2, -0.15) is 0 Å². The largest absolute Gasteiger partial charge is 0.325 e. The maximum absolute atomic E-state index is 12.2. The summed E-state index contributed by atoms with van der Waals surface area (Å²) in [6, 6.07) is 14.5. The van der Waals surface area contributed by atoms with E-state index >= 15 is 0 Å². The van der Waals surface area contributed by atoms with Crippen LogP contribution in [0.25, 0.3) is 0 Å². The van der Waals surface area contributed by atoms with E-state index in [1.165, 1.54) is 16.7 Å².